The Labute approximate surface area is 258 Å². The zero-order valence-electron chi connectivity index (χ0n) is 25.2. The highest BCUT2D eigenvalue weighted by atomic mass is 16.5. The molecule has 220 valence electrons. The molecule has 2 aliphatic carbocycles. The Morgan fingerprint density at radius 2 is 0.614 bits per heavy atom. The third-order valence-electron chi connectivity index (χ3n) is 7.67. The number of hydrogen-bond donors (Lipinski definition) is 0. The summed E-state index contributed by atoms with van der Waals surface area (Å²) in [7, 11) is 6.72. The summed E-state index contributed by atoms with van der Waals surface area (Å²) in [4.78, 5) is 4.54. The second-order valence-corrected chi connectivity index (χ2v) is 10.1. The predicted octanol–water partition coefficient (Wildman–Crippen LogP) is 9.77. The third kappa shape index (κ3) is 5.57. The molecule has 6 rings (SSSR count). The molecule has 0 atom stereocenters. The lowest BCUT2D eigenvalue weighted by Gasteiger charge is -2.26. The Balaban J connectivity index is 1.59. The fraction of sp³-hybridized carbons (Fsp3) is 0.105. The topological polar surface area (TPSA) is 43.4 Å². The highest BCUT2D eigenvalue weighted by Crippen LogP contribution is 2.51. The molecular weight excluding hydrogens is 548 g/mol. The summed E-state index contributed by atoms with van der Waals surface area (Å²) in [5.41, 5.74) is 8.28. The van der Waals surface area contributed by atoms with Gasteiger partial charge in [0.1, 0.15) is 23.0 Å². The van der Waals surface area contributed by atoms with E-state index in [0.717, 1.165) is 68.2 Å². The Morgan fingerprint density at radius 1 is 0.341 bits per heavy atom. The molecule has 0 spiro atoms. The van der Waals surface area contributed by atoms with Gasteiger partial charge in [-0.3, -0.25) is 0 Å². The fourth-order valence-electron chi connectivity index (χ4n) is 5.43. The summed E-state index contributed by atoms with van der Waals surface area (Å²) in [6, 6.07) is 45.3. The molecule has 0 aliphatic heterocycles. The number of anilines is 6. The summed E-state index contributed by atoms with van der Waals surface area (Å²) in [6.07, 6.45) is 0. The van der Waals surface area contributed by atoms with Gasteiger partial charge in [-0.05, 0) is 103 Å². The Kier molecular flexibility index (Phi) is 8.23. The largest absolute Gasteiger partial charge is 0.497 e. The minimum absolute atomic E-state index is 0.799. The van der Waals surface area contributed by atoms with Gasteiger partial charge in [-0.25, -0.2) is 0 Å². The van der Waals surface area contributed by atoms with Crippen LogP contribution < -0.4 is 28.7 Å². The molecule has 0 amide bonds. The SMILES string of the molecule is COc1ccc(N(c2ccc(OC)cc2)c2cc(N(c3ccc(OC)cc3)c3ccc(OC)cc3)c3cccccc2-3)cc1. The van der Waals surface area contributed by atoms with Crippen LogP contribution in [0, 0.1) is 0 Å². The molecule has 0 saturated carbocycles. The van der Waals surface area contributed by atoms with Crippen molar-refractivity contribution in [2.45, 2.75) is 0 Å². The maximum Gasteiger partial charge on any atom is 0.119 e. The molecule has 2 aliphatic rings. The van der Waals surface area contributed by atoms with E-state index in [1.807, 2.05) is 48.5 Å². The summed E-state index contributed by atoms with van der Waals surface area (Å²) in [5, 5.41) is 0. The smallest absolute Gasteiger partial charge is 0.119 e. The zero-order chi connectivity index (χ0) is 30.5. The van der Waals surface area contributed by atoms with Gasteiger partial charge in [0.25, 0.3) is 0 Å². The second-order valence-electron chi connectivity index (χ2n) is 10.1. The normalized spacial score (nSPS) is 10.7. The standard InChI is InChI=1S/C38H34N2O4/c1-41-31-18-10-27(11-19-31)39(28-12-20-32(42-2)21-13-28)37-26-38(36-9-7-5-6-8-35(36)37)40(29-14-22-33(43-3)23-15-29)30-16-24-34(44-4)25-17-30/h5-26H,1-4H3. The average molecular weight is 583 g/mol. The number of nitrogens with zero attached hydrogens (tertiary/aromatic N) is 2. The van der Waals surface area contributed by atoms with Crippen LogP contribution in [0.5, 0.6) is 23.0 Å². The number of benzene rings is 4. The molecule has 0 N–H and O–H groups in total. The first-order valence-corrected chi connectivity index (χ1v) is 14.3. The van der Waals surface area contributed by atoms with Crippen LogP contribution in [0.2, 0.25) is 0 Å². The molecular formula is C38H34N2O4. The molecule has 0 radical (unpaired) electrons. The molecule has 0 bridgehead atoms. The number of fused-ring (bicyclic) bond motifs is 1. The molecule has 44 heavy (non-hydrogen) atoms. The van der Waals surface area contributed by atoms with Gasteiger partial charge in [0.15, 0.2) is 0 Å². The van der Waals surface area contributed by atoms with Gasteiger partial charge < -0.3 is 28.7 Å². The highest BCUT2D eigenvalue weighted by Gasteiger charge is 2.26. The zero-order valence-corrected chi connectivity index (χ0v) is 25.2. The molecule has 6 nitrogen and oxygen atoms in total. The van der Waals surface area contributed by atoms with E-state index in [1.165, 1.54) is 0 Å². The van der Waals surface area contributed by atoms with E-state index in [0.29, 0.717) is 0 Å². The van der Waals surface area contributed by atoms with Crippen LogP contribution in [0.4, 0.5) is 34.1 Å². The predicted molar refractivity (Wildman–Crippen MR) is 179 cm³/mol. The summed E-state index contributed by atoms with van der Waals surface area (Å²) >= 11 is 0. The van der Waals surface area contributed by atoms with Crippen LogP contribution in [-0.4, -0.2) is 28.4 Å². The van der Waals surface area contributed by atoms with Gasteiger partial charge in [-0.15, -0.1) is 0 Å². The van der Waals surface area contributed by atoms with Crippen molar-refractivity contribution in [1.29, 1.82) is 0 Å². The second kappa shape index (κ2) is 12.7. The van der Waals surface area contributed by atoms with Crippen LogP contribution in [0.25, 0.3) is 11.1 Å². The van der Waals surface area contributed by atoms with Crippen molar-refractivity contribution in [2.75, 3.05) is 38.2 Å². The van der Waals surface area contributed by atoms with E-state index in [1.54, 1.807) is 28.4 Å². The molecule has 0 saturated heterocycles. The fourth-order valence-corrected chi connectivity index (χ4v) is 5.43. The number of ether oxygens (including phenoxy) is 4. The lowest BCUT2D eigenvalue weighted by molar-refractivity contribution is 0.414. The Hall–Kier alpha value is -5.62. The summed E-state index contributed by atoms with van der Waals surface area (Å²) < 4.78 is 21.9. The summed E-state index contributed by atoms with van der Waals surface area (Å²) in [5.74, 6) is 3.20. The van der Waals surface area contributed by atoms with Crippen molar-refractivity contribution in [3.05, 3.63) is 133 Å². The molecule has 0 aromatic heterocycles. The third-order valence-corrected chi connectivity index (χ3v) is 7.67. The van der Waals surface area contributed by atoms with Crippen LogP contribution >= 0.6 is 0 Å². The first-order valence-electron chi connectivity index (χ1n) is 14.3. The maximum absolute atomic E-state index is 5.48. The van der Waals surface area contributed by atoms with Crippen molar-refractivity contribution < 1.29 is 18.9 Å². The van der Waals surface area contributed by atoms with Gasteiger partial charge >= 0.3 is 0 Å². The van der Waals surface area contributed by atoms with Gasteiger partial charge in [0.05, 0.1) is 39.8 Å². The number of hydrogen-bond acceptors (Lipinski definition) is 6. The van der Waals surface area contributed by atoms with E-state index in [9.17, 15) is 0 Å². The lowest BCUT2D eigenvalue weighted by atomic mass is 10.1. The molecule has 0 unspecified atom stereocenters. The summed E-state index contributed by atoms with van der Waals surface area (Å²) in [6.45, 7) is 0. The Morgan fingerprint density at radius 3 is 0.864 bits per heavy atom. The van der Waals surface area contributed by atoms with E-state index in [-0.39, 0.29) is 0 Å². The molecule has 6 heteroatoms. The van der Waals surface area contributed by atoms with Crippen molar-refractivity contribution in [1.82, 2.24) is 0 Å². The number of rotatable bonds is 10. The first kappa shape index (κ1) is 28.5. The van der Waals surface area contributed by atoms with Crippen LogP contribution in [0.15, 0.2) is 133 Å². The van der Waals surface area contributed by atoms with Crippen molar-refractivity contribution in [3.63, 3.8) is 0 Å². The van der Waals surface area contributed by atoms with Crippen molar-refractivity contribution in [2.24, 2.45) is 0 Å². The Bertz CT molecular complexity index is 1560. The monoisotopic (exact) mass is 582 g/mol. The highest BCUT2D eigenvalue weighted by molar-refractivity contribution is 6.01. The quantitative estimate of drug-likeness (QED) is 0.160. The molecule has 0 heterocycles. The first-order chi connectivity index (χ1) is 21.6. The van der Waals surface area contributed by atoms with E-state index in [4.69, 9.17) is 18.9 Å². The molecule has 4 aromatic rings. The molecule has 0 fully saturated rings. The van der Waals surface area contributed by atoms with Crippen LogP contribution in [0.1, 0.15) is 0 Å². The van der Waals surface area contributed by atoms with E-state index in [2.05, 4.69) is 94.7 Å². The molecule has 4 aromatic carbocycles. The number of methoxy groups -OCH3 is 4. The average Bonchev–Trinajstić information content (AvgIpc) is 3.24. The maximum atomic E-state index is 5.48. The van der Waals surface area contributed by atoms with Gasteiger partial charge in [0.2, 0.25) is 0 Å². The van der Waals surface area contributed by atoms with Crippen molar-refractivity contribution in [3.8, 4) is 34.1 Å². The van der Waals surface area contributed by atoms with Crippen molar-refractivity contribution >= 4 is 34.1 Å². The van der Waals surface area contributed by atoms with Gasteiger partial charge in [-0.1, -0.05) is 30.3 Å². The minimum atomic E-state index is 0.799. The lowest BCUT2D eigenvalue weighted by Crippen LogP contribution is -2.10. The van der Waals surface area contributed by atoms with Crippen LogP contribution in [0.3, 0.4) is 0 Å². The van der Waals surface area contributed by atoms with E-state index >= 15 is 0 Å². The van der Waals surface area contributed by atoms with E-state index < -0.39 is 0 Å². The minimum Gasteiger partial charge on any atom is -0.497 e. The van der Waals surface area contributed by atoms with Crippen LogP contribution in [-0.2, 0) is 0 Å². The van der Waals surface area contributed by atoms with Gasteiger partial charge in [-0.2, -0.15) is 0 Å². The van der Waals surface area contributed by atoms with Gasteiger partial charge in [0, 0.05) is 33.9 Å².